The molecule has 4 nitrogen and oxygen atoms in total. The van der Waals surface area contributed by atoms with E-state index in [1.165, 1.54) is 12.7 Å². The summed E-state index contributed by atoms with van der Waals surface area (Å²) in [7, 11) is 1.52. The first-order valence-electron chi connectivity index (χ1n) is 14.2. The van der Waals surface area contributed by atoms with Crippen LogP contribution in [-0.2, 0) is 14.3 Å². The van der Waals surface area contributed by atoms with Gasteiger partial charge in [0.25, 0.3) is 0 Å². The first kappa shape index (κ1) is 25.5. The zero-order valence-electron chi connectivity index (χ0n) is 23.4. The van der Waals surface area contributed by atoms with Gasteiger partial charge in [-0.15, -0.1) is 0 Å². The summed E-state index contributed by atoms with van der Waals surface area (Å²) >= 11 is 0. The molecule has 4 fully saturated rings. The number of aliphatic hydroxyl groups is 1. The Labute approximate surface area is 212 Å². The molecule has 5 rings (SSSR count). The van der Waals surface area contributed by atoms with E-state index in [4.69, 9.17) is 4.74 Å². The second kappa shape index (κ2) is 7.68. The van der Waals surface area contributed by atoms with Gasteiger partial charge in [-0.25, -0.2) is 0 Å². The Morgan fingerprint density at radius 1 is 0.971 bits per heavy atom. The molecule has 0 unspecified atom stereocenters. The highest BCUT2D eigenvalue weighted by Gasteiger charge is 2.71. The van der Waals surface area contributed by atoms with Crippen molar-refractivity contribution in [3.63, 3.8) is 0 Å². The van der Waals surface area contributed by atoms with Gasteiger partial charge in [-0.2, -0.15) is 0 Å². The maximum atomic E-state index is 14.4. The van der Waals surface area contributed by atoms with Crippen LogP contribution in [0.25, 0.3) is 0 Å². The van der Waals surface area contributed by atoms with Crippen molar-refractivity contribution in [2.75, 3.05) is 7.11 Å². The van der Waals surface area contributed by atoms with E-state index in [1.807, 2.05) is 0 Å². The molecule has 196 valence electrons. The summed E-state index contributed by atoms with van der Waals surface area (Å²) in [4.78, 5) is 27.7. The number of hydrogen-bond acceptors (Lipinski definition) is 4. The number of ether oxygens (including phenoxy) is 1. The van der Waals surface area contributed by atoms with Crippen molar-refractivity contribution < 1.29 is 19.4 Å². The highest BCUT2D eigenvalue weighted by Crippen LogP contribution is 2.75. The summed E-state index contributed by atoms with van der Waals surface area (Å²) in [6.45, 7) is 16.3. The van der Waals surface area contributed by atoms with Crippen LogP contribution in [0, 0.1) is 56.7 Å². The highest BCUT2D eigenvalue weighted by atomic mass is 16.5. The molecule has 0 spiro atoms. The Balaban J connectivity index is 1.66. The third-order valence-electron chi connectivity index (χ3n) is 13.3. The van der Waals surface area contributed by atoms with Crippen LogP contribution in [0.1, 0.15) is 99.8 Å². The van der Waals surface area contributed by atoms with E-state index in [1.54, 1.807) is 0 Å². The lowest BCUT2D eigenvalue weighted by Crippen LogP contribution is -2.67. The predicted octanol–water partition coefficient (Wildman–Crippen LogP) is 6.36. The fourth-order valence-corrected chi connectivity index (χ4v) is 10.8. The van der Waals surface area contributed by atoms with Crippen LogP contribution in [0.2, 0.25) is 0 Å². The van der Waals surface area contributed by atoms with Crippen LogP contribution in [0.5, 0.6) is 0 Å². The molecule has 0 amide bonds. The van der Waals surface area contributed by atoms with Gasteiger partial charge in [-0.3, -0.25) is 9.59 Å². The smallest absolute Gasteiger partial charge is 0.312 e. The molecule has 4 saturated carbocycles. The van der Waals surface area contributed by atoms with Crippen molar-refractivity contribution in [2.45, 2.75) is 106 Å². The normalized spacial score (nSPS) is 52.8. The maximum absolute atomic E-state index is 14.4. The van der Waals surface area contributed by atoms with Crippen molar-refractivity contribution in [2.24, 2.45) is 56.7 Å². The topological polar surface area (TPSA) is 63.6 Å². The predicted molar refractivity (Wildman–Crippen MR) is 137 cm³/mol. The molecule has 0 bridgehead atoms. The molecule has 0 aromatic carbocycles. The Morgan fingerprint density at radius 2 is 1.66 bits per heavy atom. The monoisotopic (exact) mass is 484 g/mol. The van der Waals surface area contributed by atoms with Gasteiger partial charge in [0.05, 0.1) is 18.6 Å². The molecular weight excluding hydrogens is 436 g/mol. The SMILES string of the molecule is COC(=O)[C@]12CC[C@@H](C)[C@H](C)[C@H]1[C@H]1C(=O)C=C3[C@@]4(C)CC[C@H](O)C(C)(C)[C@@H]4CC[C@@]3(C)[C@]1(C)CC2. The average molecular weight is 485 g/mol. The lowest BCUT2D eigenvalue weighted by atomic mass is 9.33. The number of carbonyl (C=O) groups excluding carboxylic acids is 2. The molecule has 0 radical (unpaired) electrons. The molecule has 0 saturated heterocycles. The summed E-state index contributed by atoms with van der Waals surface area (Å²) in [6.07, 6.45) is 9.26. The quantitative estimate of drug-likeness (QED) is 0.440. The van der Waals surface area contributed by atoms with E-state index in [9.17, 15) is 14.7 Å². The van der Waals surface area contributed by atoms with Crippen LogP contribution in [-0.4, -0.2) is 30.1 Å². The van der Waals surface area contributed by atoms with Gasteiger partial charge in [0.15, 0.2) is 5.78 Å². The molecule has 35 heavy (non-hydrogen) atoms. The van der Waals surface area contributed by atoms with E-state index in [2.05, 4.69) is 54.5 Å². The molecule has 0 aromatic rings. The summed E-state index contributed by atoms with van der Waals surface area (Å²) in [5, 5.41) is 10.9. The standard InChI is InChI=1S/C31H48O4/c1-18-9-14-31(26(34)35-8)16-15-30(7)25(24(31)19(18)2)20(32)17-22-28(5)12-11-23(33)27(3,4)21(28)10-13-29(22,30)6/h17-19,21,23-25,33H,9-16H2,1-8H3/t18-,19+,21+,23+,24+,25-,28+,29-,30-,31+/m1/s1. The van der Waals surface area contributed by atoms with Crippen LogP contribution >= 0.6 is 0 Å². The molecule has 10 atom stereocenters. The minimum Gasteiger partial charge on any atom is -0.469 e. The van der Waals surface area contributed by atoms with Crippen LogP contribution in [0.3, 0.4) is 0 Å². The number of fused-ring (bicyclic) bond motifs is 7. The summed E-state index contributed by atoms with van der Waals surface area (Å²) in [5.41, 5.74) is 0.359. The molecule has 5 aliphatic carbocycles. The van der Waals surface area contributed by atoms with Crippen molar-refractivity contribution in [3.8, 4) is 0 Å². The van der Waals surface area contributed by atoms with Crippen molar-refractivity contribution >= 4 is 11.8 Å². The molecule has 0 aromatic heterocycles. The largest absolute Gasteiger partial charge is 0.469 e. The second-order valence-electron chi connectivity index (χ2n) is 14.6. The molecule has 5 aliphatic rings. The lowest BCUT2D eigenvalue weighted by molar-refractivity contribution is -0.199. The Hall–Kier alpha value is -1.16. The third-order valence-corrected chi connectivity index (χ3v) is 13.3. The summed E-state index contributed by atoms with van der Waals surface area (Å²) in [5.74, 6) is 1.25. The number of methoxy groups -OCH3 is 1. The summed E-state index contributed by atoms with van der Waals surface area (Å²) < 4.78 is 5.44. The number of allylic oxidation sites excluding steroid dienone is 2. The van der Waals surface area contributed by atoms with E-state index in [0.29, 0.717) is 17.8 Å². The second-order valence-corrected chi connectivity index (χ2v) is 14.6. The minimum atomic E-state index is -0.528. The lowest BCUT2D eigenvalue weighted by Gasteiger charge is -2.70. The number of aliphatic hydroxyl groups excluding tert-OH is 1. The first-order chi connectivity index (χ1) is 16.2. The number of carbonyl (C=O) groups is 2. The van der Waals surface area contributed by atoms with Gasteiger partial charge in [0.2, 0.25) is 0 Å². The van der Waals surface area contributed by atoms with Gasteiger partial charge < -0.3 is 9.84 Å². The number of rotatable bonds is 1. The zero-order valence-corrected chi connectivity index (χ0v) is 23.4. The Morgan fingerprint density at radius 3 is 2.31 bits per heavy atom. The summed E-state index contributed by atoms with van der Waals surface area (Å²) in [6, 6.07) is 0. The average Bonchev–Trinajstić information content (AvgIpc) is 2.80. The van der Waals surface area contributed by atoms with Gasteiger partial charge in [0.1, 0.15) is 0 Å². The van der Waals surface area contributed by atoms with Crippen molar-refractivity contribution in [3.05, 3.63) is 11.6 Å². The third kappa shape index (κ3) is 2.95. The fraction of sp³-hybridized carbons (Fsp3) is 0.871. The fourth-order valence-electron chi connectivity index (χ4n) is 10.8. The number of esters is 1. The molecular formula is C31H48O4. The van der Waals surface area contributed by atoms with Crippen LogP contribution in [0.15, 0.2) is 11.6 Å². The molecule has 0 aliphatic heterocycles. The molecule has 4 heteroatoms. The Kier molecular flexibility index (Phi) is 5.59. The van der Waals surface area contributed by atoms with E-state index in [-0.39, 0.29) is 51.4 Å². The van der Waals surface area contributed by atoms with Gasteiger partial charge in [-0.05, 0) is 103 Å². The number of hydrogen-bond donors (Lipinski definition) is 1. The highest BCUT2D eigenvalue weighted by molar-refractivity contribution is 5.96. The van der Waals surface area contributed by atoms with E-state index >= 15 is 0 Å². The number of ketones is 1. The van der Waals surface area contributed by atoms with Gasteiger partial charge in [-0.1, -0.05) is 54.0 Å². The Bertz CT molecular complexity index is 965. The van der Waals surface area contributed by atoms with Crippen molar-refractivity contribution in [1.82, 2.24) is 0 Å². The first-order valence-corrected chi connectivity index (χ1v) is 14.2. The molecule has 1 N–H and O–H groups in total. The van der Waals surface area contributed by atoms with Gasteiger partial charge in [0, 0.05) is 5.92 Å². The van der Waals surface area contributed by atoms with E-state index < -0.39 is 5.41 Å². The van der Waals surface area contributed by atoms with Gasteiger partial charge >= 0.3 is 5.97 Å². The van der Waals surface area contributed by atoms with Crippen LogP contribution in [0.4, 0.5) is 0 Å². The van der Waals surface area contributed by atoms with Crippen LogP contribution < -0.4 is 0 Å². The van der Waals surface area contributed by atoms with Crippen molar-refractivity contribution in [1.29, 1.82) is 0 Å². The zero-order chi connectivity index (χ0) is 25.8. The van der Waals surface area contributed by atoms with E-state index in [0.717, 1.165) is 51.4 Å². The maximum Gasteiger partial charge on any atom is 0.312 e. The molecule has 0 heterocycles. The minimum absolute atomic E-state index is 0.0368.